The molecule has 0 radical (unpaired) electrons. The number of rotatable bonds is 7. The fourth-order valence-corrected chi connectivity index (χ4v) is 1.44. The molecule has 0 aromatic rings. The maximum atomic E-state index is 11.1. The van der Waals surface area contributed by atoms with Gasteiger partial charge in [0.25, 0.3) is 0 Å². The monoisotopic (exact) mass is 194 g/mol. The molecule has 0 fully saturated rings. The van der Waals surface area contributed by atoms with Gasteiger partial charge in [-0.2, -0.15) is 0 Å². The fraction of sp³-hybridized carbons (Fsp3) is 0.615. The molecular formula is C13H22O. The van der Waals surface area contributed by atoms with Crippen LogP contribution in [-0.4, -0.2) is 5.78 Å². The summed E-state index contributed by atoms with van der Waals surface area (Å²) in [4.78, 5) is 11.1. The molecule has 1 nitrogen and oxygen atoms in total. The molecule has 0 aliphatic heterocycles. The first-order valence-corrected chi connectivity index (χ1v) is 5.36. The van der Waals surface area contributed by atoms with Crippen LogP contribution >= 0.6 is 0 Å². The van der Waals surface area contributed by atoms with Crippen molar-refractivity contribution in [3.63, 3.8) is 0 Å². The van der Waals surface area contributed by atoms with Crippen LogP contribution in [0.25, 0.3) is 0 Å². The standard InChI is InChI=1S/C13H22O/c1-5-7-8-11(3)9-10-13(6-2)12(4)14/h5-7,11,13H,2,8-10H2,1,3-4H3/b7-5+. The Hall–Kier alpha value is -0.850. The van der Waals surface area contributed by atoms with Crippen LogP contribution in [0.4, 0.5) is 0 Å². The van der Waals surface area contributed by atoms with E-state index in [1.807, 2.05) is 6.92 Å². The molecule has 0 spiro atoms. The highest BCUT2D eigenvalue weighted by atomic mass is 16.1. The third-order valence-electron chi connectivity index (χ3n) is 2.55. The van der Waals surface area contributed by atoms with Gasteiger partial charge in [-0.15, -0.1) is 6.58 Å². The van der Waals surface area contributed by atoms with E-state index in [1.165, 1.54) is 0 Å². The molecule has 0 amide bonds. The van der Waals surface area contributed by atoms with Gasteiger partial charge in [-0.05, 0) is 39.0 Å². The lowest BCUT2D eigenvalue weighted by Crippen LogP contribution is -2.09. The normalized spacial score (nSPS) is 15.4. The summed E-state index contributed by atoms with van der Waals surface area (Å²) < 4.78 is 0. The lowest BCUT2D eigenvalue weighted by molar-refractivity contribution is -0.119. The van der Waals surface area contributed by atoms with Gasteiger partial charge >= 0.3 is 0 Å². The quantitative estimate of drug-likeness (QED) is 0.564. The average Bonchev–Trinajstić information content (AvgIpc) is 2.15. The van der Waals surface area contributed by atoms with Crippen LogP contribution < -0.4 is 0 Å². The van der Waals surface area contributed by atoms with Crippen LogP contribution in [0.3, 0.4) is 0 Å². The lowest BCUT2D eigenvalue weighted by Gasteiger charge is -2.12. The van der Waals surface area contributed by atoms with E-state index < -0.39 is 0 Å². The van der Waals surface area contributed by atoms with Crippen LogP contribution in [-0.2, 0) is 4.79 Å². The number of ketones is 1. The van der Waals surface area contributed by atoms with Crippen molar-refractivity contribution < 1.29 is 4.79 Å². The Balaban J connectivity index is 3.79. The van der Waals surface area contributed by atoms with Crippen LogP contribution in [0.2, 0.25) is 0 Å². The van der Waals surface area contributed by atoms with E-state index in [9.17, 15) is 4.79 Å². The van der Waals surface area contributed by atoms with E-state index in [-0.39, 0.29) is 11.7 Å². The predicted octanol–water partition coefficient (Wildman–Crippen LogP) is 3.76. The lowest BCUT2D eigenvalue weighted by atomic mass is 9.92. The second-order valence-electron chi connectivity index (χ2n) is 3.94. The van der Waals surface area contributed by atoms with Gasteiger partial charge in [-0.3, -0.25) is 4.79 Å². The third-order valence-corrected chi connectivity index (χ3v) is 2.55. The third kappa shape index (κ3) is 5.74. The summed E-state index contributed by atoms with van der Waals surface area (Å²) in [6, 6.07) is 0. The van der Waals surface area contributed by atoms with Crippen LogP contribution in [0.1, 0.15) is 40.0 Å². The van der Waals surface area contributed by atoms with Crippen molar-refractivity contribution in [3.8, 4) is 0 Å². The minimum absolute atomic E-state index is 0.0584. The SMILES string of the molecule is C=CC(CCC(C)C/C=C/C)C(C)=O. The van der Waals surface area contributed by atoms with Crippen molar-refractivity contribution in [2.45, 2.75) is 40.0 Å². The van der Waals surface area contributed by atoms with Gasteiger partial charge < -0.3 is 0 Å². The van der Waals surface area contributed by atoms with Crippen molar-refractivity contribution in [3.05, 3.63) is 24.8 Å². The molecule has 0 aliphatic carbocycles. The van der Waals surface area contributed by atoms with Gasteiger partial charge in [0.1, 0.15) is 5.78 Å². The number of hydrogen-bond acceptors (Lipinski definition) is 1. The number of Topliss-reactive ketones (excluding diaryl/α,β-unsaturated/α-hetero) is 1. The Morgan fingerprint density at radius 1 is 1.43 bits per heavy atom. The van der Waals surface area contributed by atoms with Gasteiger partial charge in [0.05, 0.1) is 0 Å². The zero-order valence-electron chi connectivity index (χ0n) is 9.62. The fourth-order valence-electron chi connectivity index (χ4n) is 1.44. The molecule has 14 heavy (non-hydrogen) atoms. The van der Waals surface area contributed by atoms with E-state index in [1.54, 1.807) is 13.0 Å². The second kappa shape index (κ2) is 7.54. The summed E-state index contributed by atoms with van der Waals surface area (Å²) in [5.41, 5.74) is 0. The zero-order valence-corrected chi connectivity index (χ0v) is 9.62. The molecule has 0 bridgehead atoms. The van der Waals surface area contributed by atoms with Gasteiger partial charge in [-0.25, -0.2) is 0 Å². The Labute approximate surface area is 87.9 Å². The Bertz CT molecular complexity index is 203. The number of hydrogen-bond donors (Lipinski definition) is 0. The van der Waals surface area contributed by atoms with E-state index in [4.69, 9.17) is 0 Å². The average molecular weight is 194 g/mol. The molecule has 0 aromatic heterocycles. The zero-order chi connectivity index (χ0) is 11.0. The van der Waals surface area contributed by atoms with Gasteiger partial charge in [-0.1, -0.05) is 25.2 Å². The molecule has 2 atom stereocenters. The smallest absolute Gasteiger partial charge is 0.136 e. The first kappa shape index (κ1) is 13.2. The van der Waals surface area contributed by atoms with E-state index in [0.29, 0.717) is 5.92 Å². The second-order valence-corrected chi connectivity index (χ2v) is 3.94. The summed E-state index contributed by atoms with van der Waals surface area (Å²) >= 11 is 0. The van der Waals surface area contributed by atoms with E-state index in [0.717, 1.165) is 19.3 Å². The minimum Gasteiger partial charge on any atom is -0.299 e. The Kier molecular flexibility index (Phi) is 7.09. The first-order chi connectivity index (χ1) is 6.61. The maximum absolute atomic E-state index is 11.1. The first-order valence-electron chi connectivity index (χ1n) is 5.36. The molecular weight excluding hydrogens is 172 g/mol. The molecule has 1 heteroatoms. The van der Waals surface area contributed by atoms with Crippen molar-refractivity contribution in [2.24, 2.45) is 11.8 Å². The van der Waals surface area contributed by atoms with Crippen LogP contribution in [0.15, 0.2) is 24.8 Å². The van der Waals surface area contributed by atoms with Crippen molar-refractivity contribution >= 4 is 5.78 Å². The van der Waals surface area contributed by atoms with Crippen molar-refractivity contribution in [1.29, 1.82) is 0 Å². The highest BCUT2D eigenvalue weighted by molar-refractivity contribution is 5.79. The van der Waals surface area contributed by atoms with E-state index >= 15 is 0 Å². The Morgan fingerprint density at radius 3 is 2.50 bits per heavy atom. The maximum Gasteiger partial charge on any atom is 0.136 e. The topological polar surface area (TPSA) is 17.1 Å². The highest BCUT2D eigenvalue weighted by Crippen LogP contribution is 2.17. The molecule has 80 valence electrons. The predicted molar refractivity (Wildman–Crippen MR) is 62.2 cm³/mol. The highest BCUT2D eigenvalue weighted by Gasteiger charge is 2.10. The molecule has 0 rings (SSSR count). The summed E-state index contributed by atoms with van der Waals surface area (Å²) in [6.45, 7) is 9.59. The van der Waals surface area contributed by atoms with Crippen LogP contribution in [0, 0.1) is 11.8 Å². The molecule has 0 aromatic carbocycles. The number of allylic oxidation sites excluding steroid dienone is 3. The largest absolute Gasteiger partial charge is 0.299 e. The van der Waals surface area contributed by atoms with Gasteiger partial charge in [0.15, 0.2) is 0 Å². The molecule has 0 saturated heterocycles. The summed E-state index contributed by atoms with van der Waals surface area (Å²) in [5.74, 6) is 0.953. The van der Waals surface area contributed by atoms with E-state index in [2.05, 4.69) is 25.7 Å². The summed E-state index contributed by atoms with van der Waals surface area (Å²) in [7, 11) is 0. The molecule has 0 heterocycles. The minimum atomic E-state index is 0.0584. The van der Waals surface area contributed by atoms with Crippen molar-refractivity contribution in [2.75, 3.05) is 0 Å². The van der Waals surface area contributed by atoms with Gasteiger partial charge in [0, 0.05) is 5.92 Å². The summed E-state index contributed by atoms with van der Waals surface area (Å²) in [6.07, 6.45) is 9.18. The van der Waals surface area contributed by atoms with Gasteiger partial charge in [0.2, 0.25) is 0 Å². The molecule has 2 unspecified atom stereocenters. The molecule has 0 N–H and O–H groups in total. The number of carbonyl (C=O) groups is 1. The van der Waals surface area contributed by atoms with Crippen LogP contribution in [0.5, 0.6) is 0 Å². The Morgan fingerprint density at radius 2 is 2.07 bits per heavy atom. The summed E-state index contributed by atoms with van der Waals surface area (Å²) in [5, 5.41) is 0. The number of carbonyl (C=O) groups excluding carboxylic acids is 1. The molecule has 0 saturated carbocycles. The molecule has 0 aliphatic rings. The van der Waals surface area contributed by atoms with Crippen molar-refractivity contribution in [1.82, 2.24) is 0 Å².